The molecule has 1 saturated carbocycles. The highest BCUT2D eigenvalue weighted by Crippen LogP contribution is 2.42. The molecule has 1 amide bonds. The molecular weight excluding hydrogens is 267 g/mol. The van der Waals surface area contributed by atoms with Crippen molar-refractivity contribution in [2.24, 2.45) is 11.3 Å². The van der Waals surface area contributed by atoms with Gasteiger partial charge in [-0.05, 0) is 48.8 Å². The van der Waals surface area contributed by atoms with E-state index in [1.54, 1.807) is 0 Å². The zero-order chi connectivity index (χ0) is 15.5. The zero-order valence-corrected chi connectivity index (χ0v) is 12.9. The molecule has 0 bridgehead atoms. The smallest absolute Gasteiger partial charge is 0.251 e. The largest absolute Gasteiger partial charge is 0.396 e. The van der Waals surface area contributed by atoms with Crippen LogP contribution in [0.1, 0.15) is 56.3 Å². The summed E-state index contributed by atoms with van der Waals surface area (Å²) < 4.78 is 13.1. The van der Waals surface area contributed by atoms with Crippen molar-refractivity contribution in [1.82, 2.24) is 5.32 Å². The number of rotatable bonds is 5. The molecule has 2 rings (SSSR count). The van der Waals surface area contributed by atoms with Crippen LogP contribution in [0.15, 0.2) is 18.2 Å². The number of anilines is 1. The summed E-state index contributed by atoms with van der Waals surface area (Å²) in [6, 6.07) is 4.11. The van der Waals surface area contributed by atoms with Crippen LogP contribution in [-0.2, 0) is 0 Å². The Labute approximate surface area is 126 Å². The van der Waals surface area contributed by atoms with E-state index in [1.165, 1.54) is 43.9 Å². The molecule has 0 spiro atoms. The molecule has 1 aromatic carbocycles. The maximum atomic E-state index is 13.1. The van der Waals surface area contributed by atoms with E-state index in [1.807, 2.05) is 0 Å². The van der Waals surface area contributed by atoms with Crippen LogP contribution in [-0.4, -0.2) is 12.5 Å². The predicted octanol–water partition coefficient (Wildman–Crippen LogP) is 3.74. The van der Waals surface area contributed by atoms with E-state index >= 15 is 0 Å². The van der Waals surface area contributed by atoms with Crippen molar-refractivity contribution >= 4 is 11.6 Å². The fraction of sp³-hybridized carbons (Fsp3) is 0.588. The summed E-state index contributed by atoms with van der Waals surface area (Å²) in [5.41, 5.74) is 6.18. The van der Waals surface area contributed by atoms with E-state index < -0.39 is 5.82 Å². The lowest BCUT2D eigenvalue weighted by Crippen LogP contribution is -2.36. The number of halogens is 1. The monoisotopic (exact) mass is 292 g/mol. The minimum atomic E-state index is -0.487. The molecular formula is C17H25FN2O. The molecule has 1 aliphatic carbocycles. The van der Waals surface area contributed by atoms with Gasteiger partial charge < -0.3 is 11.1 Å². The van der Waals surface area contributed by atoms with Gasteiger partial charge in [0.05, 0.1) is 5.69 Å². The lowest BCUT2D eigenvalue weighted by Gasteiger charge is -2.31. The number of benzene rings is 1. The van der Waals surface area contributed by atoms with Crippen LogP contribution in [0.2, 0.25) is 0 Å². The summed E-state index contributed by atoms with van der Waals surface area (Å²) in [7, 11) is 0. The van der Waals surface area contributed by atoms with Crippen molar-refractivity contribution in [3.63, 3.8) is 0 Å². The molecule has 1 aromatic rings. The van der Waals surface area contributed by atoms with Gasteiger partial charge in [0.1, 0.15) is 5.82 Å². The molecule has 0 radical (unpaired) electrons. The molecule has 21 heavy (non-hydrogen) atoms. The first-order chi connectivity index (χ1) is 9.92. The summed E-state index contributed by atoms with van der Waals surface area (Å²) in [4.78, 5) is 12.2. The second-order valence-electron chi connectivity index (χ2n) is 6.72. The zero-order valence-electron chi connectivity index (χ0n) is 12.9. The van der Waals surface area contributed by atoms with Crippen LogP contribution in [0.5, 0.6) is 0 Å². The second-order valence-corrected chi connectivity index (χ2v) is 6.72. The lowest BCUT2D eigenvalue weighted by atomic mass is 9.78. The summed E-state index contributed by atoms with van der Waals surface area (Å²) in [5, 5.41) is 3.02. The molecule has 1 aliphatic rings. The third-order valence-corrected chi connectivity index (χ3v) is 4.39. The van der Waals surface area contributed by atoms with Gasteiger partial charge in [0, 0.05) is 12.1 Å². The van der Waals surface area contributed by atoms with Gasteiger partial charge in [-0.1, -0.05) is 26.7 Å². The first-order valence-corrected chi connectivity index (χ1v) is 7.75. The standard InChI is InChI=1S/C17H25FN2O/c1-12(2)10-17(7-3-4-8-17)11-20-16(21)13-5-6-14(18)15(19)9-13/h5-6,9,12H,3-4,7-8,10-11,19H2,1-2H3,(H,20,21). The van der Waals surface area contributed by atoms with Crippen molar-refractivity contribution in [2.75, 3.05) is 12.3 Å². The van der Waals surface area contributed by atoms with Crippen LogP contribution in [0.4, 0.5) is 10.1 Å². The third kappa shape index (κ3) is 3.96. The summed E-state index contributed by atoms with van der Waals surface area (Å²) in [5.74, 6) is -0.0307. The third-order valence-electron chi connectivity index (χ3n) is 4.39. The Balaban J connectivity index is 2.00. The van der Waals surface area contributed by atoms with Gasteiger partial charge in [-0.25, -0.2) is 4.39 Å². The van der Waals surface area contributed by atoms with Crippen molar-refractivity contribution in [2.45, 2.75) is 46.0 Å². The van der Waals surface area contributed by atoms with Crippen LogP contribution < -0.4 is 11.1 Å². The summed E-state index contributed by atoms with van der Waals surface area (Å²) in [6.45, 7) is 5.15. The number of carbonyl (C=O) groups is 1. The number of amides is 1. The highest BCUT2D eigenvalue weighted by molar-refractivity contribution is 5.95. The van der Waals surface area contributed by atoms with Gasteiger partial charge in [-0.15, -0.1) is 0 Å². The van der Waals surface area contributed by atoms with Crippen molar-refractivity contribution in [1.29, 1.82) is 0 Å². The van der Waals surface area contributed by atoms with Crippen molar-refractivity contribution < 1.29 is 9.18 Å². The number of carbonyl (C=O) groups excluding carboxylic acids is 1. The molecule has 0 unspecified atom stereocenters. The van der Waals surface area contributed by atoms with Gasteiger partial charge in [0.15, 0.2) is 0 Å². The number of hydrogen-bond donors (Lipinski definition) is 2. The fourth-order valence-electron chi connectivity index (χ4n) is 3.50. The van der Waals surface area contributed by atoms with Crippen LogP contribution in [0.25, 0.3) is 0 Å². The van der Waals surface area contributed by atoms with E-state index in [0.29, 0.717) is 18.0 Å². The Hall–Kier alpha value is -1.58. The van der Waals surface area contributed by atoms with Gasteiger partial charge in [0.2, 0.25) is 0 Å². The highest BCUT2D eigenvalue weighted by Gasteiger charge is 2.34. The summed E-state index contributed by atoms with van der Waals surface area (Å²) >= 11 is 0. The Kier molecular flexibility index (Phi) is 4.86. The fourth-order valence-corrected chi connectivity index (χ4v) is 3.50. The second kappa shape index (κ2) is 6.46. The number of nitrogen functional groups attached to an aromatic ring is 1. The van der Waals surface area contributed by atoms with Crippen LogP contribution in [0, 0.1) is 17.2 Å². The molecule has 4 heteroatoms. The lowest BCUT2D eigenvalue weighted by molar-refractivity contribution is 0.0922. The molecule has 0 aliphatic heterocycles. The van der Waals surface area contributed by atoms with E-state index in [-0.39, 0.29) is 17.0 Å². The van der Waals surface area contributed by atoms with E-state index in [9.17, 15) is 9.18 Å². The van der Waals surface area contributed by atoms with Crippen LogP contribution in [0.3, 0.4) is 0 Å². The molecule has 1 fully saturated rings. The molecule has 0 atom stereocenters. The van der Waals surface area contributed by atoms with Crippen molar-refractivity contribution in [3.8, 4) is 0 Å². The first-order valence-electron chi connectivity index (χ1n) is 7.75. The van der Waals surface area contributed by atoms with Crippen molar-refractivity contribution in [3.05, 3.63) is 29.6 Å². The number of hydrogen-bond acceptors (Lipinski definition) is 2. The van der Waals surface area contributed by atoms with E-state index in [4.69, 9.17) is 5.73 Å². The number of nitrogens with one attached hydrogen (secondary N) is 1. The average molecular weight is 292 g/mol. The maximum absolute atomic E-state index is 13.1. The quantitative estimate of drug-likeness (QED) is 0.812. The Morgan fingerprint density at radius 1 is 1.38 bits per heavy atom. The predicted molar refractivity (Wildman–Crippen MR) is 83.5 cm³/mol. The molecule has 0 aromatic heterocycles. The highest BCUT2D eigenvalue weighted by atomic mass is 19.1. The van der Waals surface area contributed by atoms with Gasteiger partial charge in [-0.3, -0.25) is 4.79 Å². The van der Waals surface area contributed by atoms with E-state index in [2.05, 4.69) is 19.2 Å². The van der Waals surface area contributed by atoms with Gasteiger partial charge in [0.25, 0.3) is 5.91 Å². The number of nitrogens with two attached hydrogens (primary N) is 1. The molecule has 3 N–H and O–H groups in total. The SMILES string of the molecule is CC(C)CC1(CNC(=O)c2ccc(F)c(N)c2)CCCC1. The minimum Gasteiger partial charge on any atom is -0.396 e. The topological polar surface area (TPSA) is 55.1 Å². The molecule has 3 nitrogen and oxygen atoms in total. The Morgan fingerprint density at radius 2 is 2.05 bits per heavy atom. The van der Waals surface area contributed by atoms with Gasteiger partial charge in [-0.2, -0.15) is 0 Å². The van der Waals surface area contributed by atoms with E-state index in [0.717, 1.165) is 6.42 Å². The average Bonchev–Trinajstić information content (AvgIpc) is 2.87. The molecule has 116 valence electrons. The van der Waals surface area contributed by atoms with Gasteiger partial charge >= 0.3 is 0 Å². The Bertz CT molecular complexity index is 508. The normalized spacial score (nSPS) is 17.1. The molecule has 0 saturated heterocycles. The summed E-state index contributed by atoms with van der Waals surface area (Å²) in [6.07, 6.45) is 5.98. The minimum absolute atomic E-state index is 0.0143. The first kappa shape index (κ1) is 15.8. The Morgan fingerprint density at radius 3 is 2.62 bits per heavy atom. The molecule has 0 heterocycles. The van der Waals surface area contributed by atoms with Crippen LogP contribution >= 0.6 is 0 Å². The maximum Gasteiger partial charge on any atom is 0.251 e.